The fraction of sp³-hybridized carbons (Fsp3) is 0.207. The molecule has 6 nitrogen and oxygen atoms in total. The van der Waals surface area contributed by atoms with Gasteiger partial charge in [-0.05, 0) is 92.3 Å². The van der Waals surface area contributed by atoms with E-state index < -0.39 is 6.09 Å². The van der Waals surface area contributed by atoms with Gasteiger partial charge in [0.2, 0.25) is 5.88 Å². The molecule has 9 heteroatoms. The van der Waals surface area contributed by atoms with E-state index in [2.05, 4.69) is 10.3 Å². The number of hydrogen-bond acceptors (Lipinski definition) is 4. The van der Waals surface area contributed by atoms with E-state index in [4.69, 9.17) is 33.0 Å². The molecule has 2 heterocycles. The largest absolute Gasteiger partial charge is 0.414 e. The summed E-state index contributed by atoms with van der Waals surface area (Å²) in [6, 6.07) is 16.6. The number of rotatable bonds is 5. The van der Waals surface area contributed by atoms with Gasteiger partial charge in [-0.15, -0.1) is 5.10 Å². The summed E-state index contributed by atoms with van der Waals surface area (Å²) in [4.78, 5) is 17.2. The molecule has 1 amide bonds. The average molecular weight is 551 g/mol. The Bertz CT molecular complexity index is 1490. The third-order valence-corrected chi connectivity index (χ3v) is 6.92. The van der Waals surface area contributed by atoms with Gasteiger partial charge in [0.1, 0.15) is 5.82 Å². The summed E-state index contributed by atoms with van der Waals surface area (Å²) >= 11 is 12.7. The molecule has 4 aromatic rings. The number of pyridine rings is 1. The van der Waals surface area contributed by atoms with Crippen molar-refractivity contribution in [2.45, 2.75) is 38.6 Å². The van der Waals surface area contributed by atoms with E-state index >= 15 is 0 Å². The Labute approximate surface area is 230 Å². The second kappa shape index (κ2) is 11.4. The predicted molar refractivity (Wildman–Crippen MR) is 147 cm³/mol. The number of nitrogens with zero attached hydrogens (tertiary/aromatic N) is 3. The second-order valence-electron chi connectivity index (χ2n) is 9.08. The SMILES string of the molecule is CC(NC(=O)Oc1nn(-c2ccc(Cl)cc2Cl)c2c1CCCC/C2=C\c1ccc(F)cc1)c1ccccn1. The molecule has 1 N–H and O–H groups in total. The first-order valence-electron chi connectivity index (χ1n) is 12.3. The number of hydrogen-bond donors (Lipinski definition) is 1. The molecule has 0 aliphatic heterocycles. The number of benzene rings is 2. The fourth-order valence-corrected chi connectivity index (χ4v) is 5.02. The van der Waals surface area contributed by atoms with Crippen molar-refractivity contribution in [1.29, 1.82) is 0 Å². The zero-order valence-electron chi connectivity index (χ0n) is 20.6. The molecule has 2 aromatic carbocycles. The maximum Gasteiger partial charge on any atom is 0.414 e. The van der Waals surface area contributed by atoms with Crippen LogP contribution in [0.15, 0.2) is 66.9 Å². The molecule has 1 unspecified atom stereocenters. The lowest BCUT2D eigenvalue weighted by atomic mass is 10.0. The number of halogens is 3. The van der Waals surface area contributed by atoms with Crippen LogP contribution < -0.4 is 10.1 Å². The highest BCUT2D eigenvalue weighted by molar-refractivity contribution is 6.35. The Morgan fingerprint density at radius 1 is 1.11 bits per heavy atom. The maximum atomic E-state index is 13.5. The molecule has 5 rings (SSSR count). The summed E-state index contributed by atoms with van der Waals surface area (Å²) in [6.07, 6.45) is 6.30. The van der Waals surface area contributed by atoms with Crippen molar-refractivity contribution in [3.63, 3.8) is 0 Å². The van der Waals surface area contributed by atoms with Crippen LogP contribution >= 0.6 is 23.2 Å². The number of amides is 1. The lowest BCUT2D eigenvalue weighted by molar-refractivity contribution is 0.194. The van der Waals surface area contributed by atoms with Crippen LogP contribution in [-0.4, -0.2) is 20.9 Å². The molecule has 0 saturated carbocycles. The molecule has 1 aliphatic rings. The number of nitrogens with one attached hydrogen (secondary N) is 1. The predicted octanol–water partition coefficient (Wildman–Crippen LogP) is 7.83. The quantitative estimate of drug-likeness (QED) is 0.257. The second-order valence-corrected chi connectivity index (χ2v) is 9.92. The van der Waals surface area contributed by atoms with Crippen LogP contribution in [0, 0.1) is 5.82 Å². The van der Waals surface area contributed by atoms with E-state index in [9.17, 15) is 9.18 Å². The first-order chi connectivity index (χ1) is 18.4. The summed E-state index contributed by atoms with van der Waals surface area (Å²) in [5.41, 5.74) is 4.77. The summed E-state index contributed by atoms with van der Waals surface area (Å²) in [5, 5.41) is 8.44. The van der Waals surface area contributed by atoms with Crippen LogP contribution in [-0.2, 0) is 6.42 Å². The van der Waals surface area contributed by atoms with Crippen molar-refractivity contribution in [1.82, 2.24) is 20.1 Å². The normalized spacial score (nSPS) is 15.0. The van der Waals surface area contributed by atoms with Gasteiger partial charge in [0.25, 0.3) is 0 Å². The van der Waals surface area contributed by atoms with E-state index in [0.29, 0.717) is 27.8 Å². The van der Waals surface area contributed by atoms with Gasteiger partial charge in [-0.1, -0.05) is 41.4 Å². The minimum Gasteiger partial charge on any atom is -0.389 e. The number of aromatic nitrogens is 3. The van der Waals surface area contributed by atoms with E-state index in [1.54, 1.807) is 41.2 Å². The topological polar surface area (TPSA) is 69.0 Å². The van der Waals surface area contributed by atoms with Crippen LogP contribution in [0.2, 0.25) is 10.0 Å². The van der Waals surface area contributed by atoms with Crippen molar-refractivity contribution in [2.75, 3.05) is 0 Å². The van der Waals surface area contributed by atoms with E-state index in [1.165, 1.54) is 12.1 Å². The number of carbonyl (C=O) groups is 1. The van der Waals surface area contributed by atoms with Gasteiger partial charge in [-0.3, -0.25) is 4.98 Å². The van der Waals surface area contributed by atoms with Gasteiger partial charge in [-0.25, -0.2) is 13.9 Å². The number of allylic oxidation sites excluding steroid dienone is 1. The Morgan fingerprint density at radius 2 is 1.89 bits per heavy atom. The lowest BCUT2D eigenvalue weighted by Crippen LogP contribution is -2.30. The van der Waals surface area contributed by atoms with E-state index in [1.807, 2.05) is 31.2 Å². The smallest absolute Gasteiger partial charge is 0.389 e. The first kappa shape index (κ1) is 25.9. The summed E-state index contributed by atoms with van der Waals surface area (Å²) < 4.78 is 21.0. The molecular weight excluding hydrogens is 526 g/mol. The molecular formula is C29H25Cl2FN4O2. The highest BCUT2D eigenvalue weighted by Gasteiger charge is 2.27. The molecule has 0 spiro atoms. The summed E-state index contributed by atoms with van der Waals surface area (Å²) in [5.74, 6) is -0.0861. The highest BCUT2D eigenvalue weighted by Crippen LogP contribution is 2.39. The Hall–Kier alpha value is -3.68. The number of ether oxygens (including phenoxy) is 1. The zero-order chi connectivity index (χ0) is 26.6. The maximum absolute atomic E-state index is 13.5. The fourth-order valence-electron chi connectivity index (χ4n) is 4.53. The number of carbonyl (C=O) groups excluding carboxylic acids is 1. The molecule has 1 aliphatic carbocycles. The van der Waals surface area contributed by atoms with Gasteiger partial charge in [0.05, 0.1) is 28.1 Å². The van der Waals surface area contributed by atoms with Crippen LogP contribution in [0.3, 0.4) is 0 Å². The van der Waals surface area contributed by atoms with Crippen molar-refractivity contribution in [2.24, 2.45) is 0 Å². The minimum absolute atomic E-state index is 0.212. The van der Waals surface area contributed by atoms with Gasteiger partial charge < -0.3 is 10.1 Å². The minimum atomic E-state index is -0.633. The molecule has 0 fully saturated rings. The van der Waals surface area contributed by atoms with Crippen LogP contribution in [0.4, 0.5) is 9.18 Å². The van der Waals surface area contributed by atoms with Crippen LogP contribution in [0.5, 0.6) is 5.88 Å². The lowest BCUT2D eigenvalue weighted by Gasteiger charge is -2.13. The average Bonchev–Trinajstić information content (AvgIpc) is 3.10. The molecule has 194 valence electrons. The van der Waals surface area contributed by atoms with Gasteiger partial charge >= 0.3 is 6.09 Å². The van der Waals surface area contributed by atoms with Crippen molar-refractivity contribution in [3.05, 3.63) is 105 Å². The Morgan fingerprint density at radius 3 is 2.63 bits per heavy atom. The first-order valence-corrected chi connectivity index (χ1v) is 13.1. The molecule has 0 radical (unpaired) electrons. The highest BCUT2D eigenvalue weighted by atomic mass is 35.5. The molecule has 0 saturated heterocycles. The van der Waals surface area contributed by atoms with Crippen molar-refractivity contribution < 1.29 is 13.9 Å². The van der Waals surface area contributed by atoms with E-state index in [-0.39, 0.29) is 17.7 Å². The monoisotopic (exact) mass is 550 g/mol. The summed E-state index contributed by atoms with van der Waals surface area (Å²) in [6.45, 7) is 1.83. The van der Waals surface area contributed by atoms with Crippen LogP contribution in [0.1, 0.15) is 54.7 Å². The van der Waals surface area contributed by atoms with Crippen molar-refractivity contribution >= 4 is 40.9 Å². The molecule has 0 bridgehead atoms. The van der Waals surface area contributed by atoms with Gasteiger partial charge in [-0.2, -0.15) is 0 Å². The zero-order valence-corrected chi connectivity index (χ0v) is 22.1. The third kappa shape index (κ3) is 5.74. The summed E-state index contributed by atoms with van der Waals surface area (Å²) in [7, 11) is 0. The van der Waals surface area contributed by atoms with Crippen molar-refractivity contribution in [3.8, 4) is 11.6 Å². The molecule has 38 heavy (non-hydrogen) atoms. The van der Waals surface area contributed by atoms with Gasteiger partial charge in [0.15, 0.2) is 0 Å². The molecule has 2 aromatic heterocycles. The Balaban J connectivity index is 1.56. The van der Waals surface area contributed by atoms with Crippen LogP contribution in [0.25, 0.3) is 17.3 Å². The standard InChI is InChI=1S/C29H25Cl2FN4O2/c1-18(25-8-4-5-15-33-25)34-29(37)38-28-23-7-3-2-6-20(16-19-9-12-22(32)13-10-19)27(23)36(35-28)26-14-11-21(30)17-24(26)31/h4-5,8-18H,2-3,6-7H2,1H3,(H,34,37)/b20-16+. The Kier molecular flexibility index (Phi) is 7.77. The van der Waals surface area contributed by atoms with Gasteiger partial charge in [0, 0.05) is 16.8 Å². The van der Waals surface area contributed by atoms with E-state index in [0.717, 1.165) is 41.7 Å². The molecule has 1 atom stereocenters. The third-order valence-electron chi connectivity index (χ3n) is 6.38. The number of fused-ring (bicyclic) bond motifs is 1.